The summed E-state index contributed by atoms with van der Waals surface area (Å²) in [6.07, 6.45) is 2.09. The summed E-state index contributed by atoms with van der Waals surface area (Å²) in [6, 6.07) is 8.64. The van der Waals surface area contributed by atoms with Crippen molar-refractivity contribution in [1.82, 2.24) is 4.90 Å². The van der Waals surface area contributed by atoms with E-state index in [2.05, 4.69) is 35.4 Å². The van der Waals surface area contributed by atoms with Crippen molar-refractivity contribution in [2.24, 2.45) is 0 Å². The van der Waals surface area contributed by atoms with Crippen LogP contribution in [0.2, 0.25) is 0 Å². The molecule has 3 heteroatoms. The molecule has 14 heavy (non-hydrogen) atoms. The van der Waals surface area contributed by atoms with Crippen molar-refractivity contribution in [3.63, 3.8) is 0 Å². The summed E-state index contributed by atoms with van der Waals surface area (Å²) in [7, 11) is 3.76. The minimum Gasteiger partial charge on any atom is -0.369 e. The highest BCUT2D eigenvalue weighted by Crippen LogP contribution is 2.15. The smallest absolute Gasteiger partial charge is 0.0986 e. The van der Waals surface area contributed by atoms with Gasteiger partial charge in [0.2, 0.25) is 0 Å². The van der Waals surface area contributed by atoms with Crippen LogP contribution in [0.3, 0.4) is 0 Å². The van der Waals surface area contributed by atoms with Crippen LogP contribution in [0.1, 0.15) is 5.56 Å². The lowest BCUT2D eigenvalue weighted by atomic mass is 10.2. The summed E-state index contributed by atoms with van der Waals surface area (Å²) >= 11 is 1.77. The minimum absolute atomic E-state index is 0.671. The van der Waals surface area contributed by atoms with Crippen molar-refractivity contribution in [3.8, 4) is 0 Å². The number of rotatable bonds is 5. The molecule has 78 valence electrons. The Morgan fingerprint density at radius 3 is 2.43 bits per heavy atom. The van der Waals surface area contributed by atoms with Gasteiger partial charge < -0.3 is 4.74 Å². The van der Waals surface area contributed by atoms with Crippen molar-refractivity contribution in [2.45, 2.75) is 11.4 Å². The average Bonchev–Trinajstić information content (AvgIpc) is 2.19. The Balaban J connectivity index is 2.50. The van der Waals surface area contributed by atoms with E-state index in [1.54, 1.807) is 18.9 Å². The third-order valence-electron chi connectivity index (χ3n) is 1.96. The Hall–Kier alpha value is -0.510. The average molecular weight is 211 g/mol. The first-order chi connectivity index (χ1) is 6.76. The normalized spacial score (nSPS) is 10.9. The highest BCUT2D eigenvalue weighted by Gasteiger charge is 1.98. The quantitative estimate of drug-likeness (QED) is 0.548. The summed E-state index contributed by atoms with van der Waals surface area (Å²) in [5.74, 6) is 0. The van der Waals surface area contributed by atoms with Gasteiger partial charge in [0.15, 0.2) is 0 Å². The lowest BCUT2D eigenvalue weighted by Crippen LogP contribution is -2.20. The minimum atomic E-state index is 0.671. The number of hydrogen-bond acceptors (Lipinski definition) is 3. The van der Waals surface area contributed by atoms with Crippen molar-refractivity contribution >= 4 is 11.8 Å². The lowest BCUT2D eigenvalue weighted by molar-refractivity contribution is 0.0771. The molecule has 1 aromatic carbocycles. The van der Waals surface area contributed by atoms with Gasteiger partial charge in [-0.25, -0.2) is 0 Å². The maximum atomic E-state index is 5.04. The van der Waals surface area contributed by atoms with Crippen LogP contribution >= 0.6 is 11.8 Å². The molecule has 0 aliphatic rings. The topological polar surface area (TPSA) is 12.5 Å². The number of benzene rings is 1. The highest BCUT2D eigenvalue weighted by atomic mass is 32.2. The highest BCUT2D eigenvalue weighted by molar-refractivity contribution is 7.98. The molecule has 0 aromatic heterocycles. The van der Waals surface area contributed by atoms with Gasteiger partial charge in [-0.2, -0.15) is 0 Å². The van der Waals surface area contributed by atoms with E-state index in [9.17, 15) is 0 Å². The molecule has 0 aliphatic carbocycles. The number of nitrogens with zero attached hydrogens (tertiary/aromatic N) is 1. The standard InChI is InChI=1S/C11H17NOS/c1-12(9-13-2)8-10-4-6-11(14-3)7-5-10/h4-7H,8-9H2,1-3H3. The molecule has 0 aliphatic heterocycles. The van der Waals surface area contributed by atoms with E-state index in [-0.39, 0.29) is 0 Å². The van der Waals surface area contributed by atoms with Crippen LogP contribution in [-0.4, -0.2) is 32.0 Å². The van der Waals surface area contributed by atoms with Crippen LogP contribution in [0.5, 0.6) is 0 Å². The molecular weight excluding hydrogens is 194 g/mol. The number of hydrogen-bond donors (Lipinski definition) is 0. The maximum absolute atomic E-state index is 5.04. The molecule has 0 radical (unpaired) electrons. The molecule has 0 saturated carbocycles. The number of ether oxygens (including phenoxy) is 1. The second kappa shape index (κ2) is 6.06. The van der Waals surface area contributed by atoms with Crippen LogP contribution in [0.25, 0.3) is 0 Å². The fourth-order valence-corrected chi connectivity index (χ4v) is 1.72. The van der Waals surface area contributed by atoms with E-state index >= 15 is 0 Å². The Kier molecular flexibility index (Phi) is 5.01. The van der Waals surface area contributed by atoms with Gasteiger partial charge >= 0.3 is 0 Å². The molecule has 0 atom stereocenters. The largest absolute Gasteiger partial charge is 0.369 e. The van der Waals surface area contributed by atoms with Crippen molar-refractivity contribution in [1.29, 1.82) is 0 Å². The van der Waals surface area contributed by atoms with Gasteiger partial charge in [0.25, 0.3) is 0 Å². The Bertz CT molecular complexity index is 260. The monoisotopic (exact) mass is 211 g/mol. The van der Waals surface area contributed by atoms with E-state index in [0.29, 0.717) is 6.73 Å². The molecule has 0 N–H and O–H groups in total. The first-order valence-corrected chi connectivity index (χ1v) is 5.79. The molecule has 0 heterocycles. The zero-order chi connectivity index (χ0) is 10.4. The van der Waals surface area contributed by atoms with E-state index in [1.165, 1.54) is 10.5 Å². The first-order valence-electron chi connectivity index (χ1n) is 4.56. The van der Waals surface area contributed by atoms with Crippen LogP contribution in [0, 0.1) is 0 Å². The summed E-state index contributed by atoms with van der Waals surface area (Å²) in [5, 5.41) is 0. The van der Waals surface area contributed by atoms with E-state index < -0.39 is 0 Å². The zero-order valence-corrected chi connectivity index (χ0v) is 9.80. The predicted molar refractivity (Wildman–Crippen MR) is 61.6 cm³/mol. The van der Waals surface area contributed by atoms with E-state index in [0.717, 1.165) is 6.54 Å². The molecule has 1 aromatic rings. The fourth-order valence-electron chi connectivity index (χ4n) is 1.31. The zero-order valence-electron chi connectivity index (χ0n) is 8.99. The Morgan fingerprint density at radius 1 is 1.29 bits per heavy atom. The second-order valence-corrected chi connectivity index (χ2v) is 4.16. The maximum Gasteiger partial charge on any atom is 0.0986 e. The SMILES string of the molecule is COCN(C)Cc1ccc(SC)cc1. The van der Waals surface area contributed by atoms with Crippen molar-refractivity contribution in [2.75, 3.05) is 27.1 Å². The summed E-state index contributed by atoms with van der Waals surface area (Å²) < 4.78 is 5.04. The van der Waals surface area contributed by atoms with Crippen molar-refractivity contribution in [3.05, 3.63) is 29.8 Å². The third-order valence-corrected chi connectivity index (χ3v) is 2.70. The van der Waals surface area contributed by atoms with Gasteiger partial charge in [0, 0.05) is 18.6 Å². The molecule has 0 bridgehead atoms. The van der Waals surface area contributed by atoms with E-state index in [1.807, 2.05) is 7.05 Å². The molecule has 0 amide bonds. The van der Waals surface area contributed by atoms with Gasteiger partial charge in [0.05, 0.1) is 6.73 Å². The molecule has 0 fully saturated rings. The van der Waals surface area contributed by atoms with Gasteiger partial charge in [-0.15, -0.1) is 11.8 Å². The lowest BCUT2D eigenvalue weighted by Gasteiger charge is -2.15. The predicted octanol–water partition coefficient (Wildman–Crippen LogP) is 2.44. The molecular formula is C11H17NOS. The van der Waals surface area contributed by atoms with Gasteiger partial charge in [0.1, 0.15) is 0 Å². The number of methoxy groups -OCH3 is 1. The van der Waals surface area contributed by atoms with Gasteiger partial charge in [-0.05, 0) is 31.0 Å². The van der Waals surface area contributed by atoms with E-state index in [4.69, 9.17) is 4.74 Å². The van der Waals surface area contributed by atoms with Crippen LogP contribution in [0.15, 0.2) is 29.2 Å². The summed E-state index contributed by atoms with van der Waals surface area (Å²) in [5.41, 5.74) is 1.32. The Morgan fingerprint density at radius 2 is 1.93 bits per heavy atom. The fraction of sp³-hybridized carbons (Fsp3) is 0.455. The molecule has 0 saturated heterocycles. The molecule has 0 unspecified atom stereocenters. The van der Waals surface area contributed by atoms with Crippen LogP contribution < -0.4 is 0 Å². The van der Waals surface area contributed by atoms with Gasteiger partial charge in [-0.3, -0.25) is 4.90 Å². The first kappa shape index (κ1) is 11.6. The summed E-state index contributed by atoms with van der Waals surface area (Å²) in [6.45, 7) is 1.60. The molecule has 1 rings (SSSR count). The van der Waals surface area contributed by atoms with Crippen LogP contribution in [0.4, 0.5) is 0 Å². The van der Waals surface area contributed by atoms with Gasteiger partial charge in [-0.1, -0.05) is 12.1 Å². The molecule has 2 nitrogen and oxygen atoms in total. The Labute approximate surface area is 90.3 Å². The van der Waals surface area contributed by atoms with Crippen molar-refractivity contribution < 1.29 is 4.74 Å². The van der Waals surface area contributed by atoms with Crippen LogP contribution in [-0.2, 0) is 11.3 Å². The second-order valence-electron chi connectivity index (χ2n) is 3.28. The third kappa shape index (κ3) is 3.70. The number of thioether (sulfide) groups is 1. The summed E-state index contributed by atoms with van der Waals surface area (Å²) in [4.78, 5) is 3.44. The molecule has 0 spiro atoms.